The molecule has 3 rings (SSSR count). The number of nitrogens with one attached hydrogen (secondary N) is 1. The first kappa shape index (κ1) is 20.6. The van der Waals surface area contributed by atoms with Crippen LogP contribution in [0.5, 0.6) is 5.75 Å². The second-order valence-corrected chi connectivity index (χ2v) is 8.90. The number of rotatable bonds is 4. The van der Waals surface area contributed by atoms with Crippen LogP contribution in [0.1, 0.15) is 57.4 Å². The van der Waals surface area contributed by atoms with Crippen molar-refractivity contribution in [2.75, 3.05) is 19.7 Å². The molecule has 1 saturated heterocycles. The van der Waals surface area contributed by atoms with Crippen molar-refractivity contribution in [2.45, 2.75) is 57.9 Å². The molecule has 2 aliphatic rings. The van der Waals surface area contributed by atoms with Gasteiger partial charge in [-0.05, 0) is 48.3 Å². The second kappa shape index (κ2) is 8.52. The summed E-state index contributed by atoms with van der Waals surface area (Å²) in [7, 11) is 0. The van der Waals surface area contributed by atoms with Crippen LogP contribution < -0.4 is 5.32 Å². The molecular weight excluding hydrogens is 356 g/mol. The number of amides is 2. The predicted octanol–water partition coefficient (Wildman–Crippen LogP) is 2.40. The van der Waals surface area contributed by atoms with E-state index in [0.29, 0.717) is 19.0 Å². The van der Waals surface area contributed by atoms with E-state index < -0.39 is 12.5 Å². The Balaban J connectivity index is 1.69. The van der Waals surface area contributed by atoms with Gasteiger partial charge < -0.3 is 20.4 Å². The zero-order valence-corrected chi connectivity index (χ0v) is 16.9. The van der Waals surface area contributed by atoms with Crippen LogP contribution in [-0.4, -0.2) is 52.7 Å². The fraction of sp³-hybridized carbons (Fsp3) is 0.636. The van der Waals surface area contributed by atoms with Gasteiger partial charge in [-0.2, -0.15) is 0 Å². The van der Waals surface area contributed by atoms with Crippen LogP contribution in [-0.2, 0) is 9.59 Å². The molecule has 1 aliphatic heterocycles. The molecule has 0 spiro atoms. The molecule has 6 nitrogen and oxygen atoms in total. The number of hydrogen-bond donors (Lipinski definition) is 3. The molecule has 3 atom stereocenters. The Kier molecular flexibility index (Phi) is 6.28. The number of phenolic OH excluding ortho intramolecular Hbond substituents is 1. The lowest BCUT2D eigenvalue weighted by Gasteiger charge is -2.46. The molecule has 2 fully saturated rings. The normalized spacial score (nSPS) is 27.2. The van der Waals surface area contributed by atoms with E-state index >= 15 is 0 Å². The van der Waals surface area contributed by atoms with Gasteiger partial charge in [0.25, 0.3) is 0 Å². The van der Waals surface area contributed by atoms with E-state index in [-0.39, 0.29) is 29.0 Å². The summed E-state index contributed by atoms with van der Waals surface area (Å²) in [6.07, 6.45) is 4.44. The summed E-state index contributed by atoms with van der Waals surface area (Å²) < 4.78 is 0. The summed E-state index contributed by atoms with van der Waals surface area (Å²) in [5.74, 6) is 0.109. The monoisotopic (exact) mass is 388 g/mol. The van der Waals surface area contributed by atoms with E-state index in [4.69, 9.17) is 5.11 Å². The van der Waals surface area contributed by atoms with Crippen LogP contribution in [0.3, 0.4) is 0 Å². The smallest absolute Gasteiger partial charge is 0.245 e. The number of carbonyl (C=O) groups is 2. The van der Waals surface area contributed by atoms with Gasteiger partial charge in [-0.15, -0.1) is 0 Å². The van der Waals surface area contributed by atoms with E-state index in [0.717, 1.165) is 32.1 Å². The molecule has 1 aliphatic carbocycles. The molecule has 3 unspecified atom stereocenters. The molecule has 1 aromatic rings. The zero-order valence-electron chi connectivity index (χ0n) is 16.9. The summed E-state index contributed by atoms with van der Waals surface area (Å²) in [6.45, 7) is 5.22. The largest absolute Gasteiger partial charge is 0.508 e. The standard InChI is InChI=1S/C22H32N2O4/c1-22(2)14-24(12-11-18(22)15-7-9-16(26)10-8-15)21(28)17-5-3-4-6-19(17)23-20(27)13-25/h7-10,17-19,25-26H,3-6,11-14H2,1-2H3,(H,23,27). The Morgan fingerprint density at radius 1 is 1.14 bits per heavy atom. The van der Waals surface area contributed by atoms with Crippen LogP contribution in [0.4, 0.5) is 0 Å². The summed E-state index contributed by atoms with van der Waals surface area (Å²) >= 11 is 0. The van der Waals surface area contributed by atoms with Gasteiger partial charge in [0, 0.05) is 19.1 Å². The quantitative estimate of drug-likeness (QED) is 0.739. The molecule has 1 aromatic carbocycles. The number of aliphatic hydroxyl groups is 1. The molecule has 0 aromatic heterocycles. The summed E-state index contributed by atoms with van der Waals surface area (Å²) in [6, 6.07) is 7.21. The van der Waals surface area contributed by atoms with Gasteiger partial charge >= 0.3 is 0 Å². The molecule has 1 heterocycles. The minimum Gasteiger partial charge on any atom is -0.508 e. The Bertz CT molecular complexity index is 701. The van der Waals surface area contributed by atoms with Crippen molar-refractivity contribution < 1.29 is 19.8 Å². The Morgan fingerprint density at radius 2 is 1.82 bits per heavy atom. The maximum absolute atomic E-state index is 13.3. The van der Waals surface area contributed by atoms with Crippen LogP contribution >= 0.6 is 0 Å². The highest BCUT2D eigenvalue weighted by Crippen LogP contribution is 2.43. The predicted molar refractivity (Wildman–Crippen MR) is 107 cm³/mol. The molecule has 2 amide bonds. The Hall–Kier alpha value is -2.08. The van der Waals surface area contributed by atoms with Crippen molar-refractivity contribution in [3.05, 3.63) is 29.8 Å². The molecule has 6 heteroatoms. The average molecular weight is 389 g/mol. The highest BCUT2D eigenvalue weighted by molar-refractivity contribution is 5.82. The van der Waals surface area contributed by atoms with Gasteiger partial charge in [0.2, 0.25) is 11.8 Å². The van der Waals surface area contributed by atoms with Crippen molar-refractivity contribution >= 4 is 11.8 Å². The number of phenols is 1. The SMILES string of the molecule is CC1(C)CN(C(=O)C2CCCCC2NC(=O)CO)CCC1c1ccc(O)cc1. The number of aromatic hydroxyl groups is 1. The maximum Gasteiger partial charge on any atom is 0.245 e. The zero-order chi connectivity index (χ0) is 20.3. The summed E-state index contributed by atoms with van der Waals surface area (Å²) in [5, 5.41) is 21.4. The van der Waals surface area contributed by atoms with Gasteiger partial charge in [0.1, 0.15) is 12.4 Å². The lowest BCUT2D eigenvalue weighted by molar-refractivity contribution is -0.141. The number of hydrogen-bond acceptors (Lipinski definition) is 4. The third-order valence-electron chi connectivity index (χ3n) is 6.41. The number of likely N-dealkylation sites (tertiary alicyclic amines) is 1. The molecule has 3 N–H and O–H groups in total. The van der Waals surface area contributed by atoms with Crippen molar-refractivity contribution in [2.24, 2.45) is 11.3 Å². The first-order chi connectivity index (χ1) is 13.3. The van der Waals surface area contributed by atoms with Gasteiger partial charge in [-0.1, -0.05) is 38.8 Å². The summed E-state index contributed by atoms with van der Waals surface area (Å²) in [4.78, 5) is 26.9. The van der Waals surface area contributed by atoms with Gasteiger partial charge in [0.05, 0.1) is 5.92 Å². The van der Waals surface area contributed by atoms with Crippen LogP contribution in [0.2, 0.25) is 0 Å². The lowest BCUT2D eigenvalue weighted by Crippen LogP contribution is -2.54. The van der Waals surface area contributed by atoms with Gasteiger partial charge in [-0.25, -0.2) is 0 Å². The van der Waals surface area contributed by atoms with Crippen molar-refractivity contribution in [3.63, 3.8) is 0 Å². The van der Waals surface area contributed by atoms with Gasteiger partial charge in [-0.3, -0.25) is 9.59 Å². The average Bonchev–Trinajstić information content (AvgIpc) is 2.68. The summed E-state index contributed by atoms with van der Waals surface area (Å²) in [5.41, 5.74) is 1.12. The molecule has 154 valence electrons. The van der Waals surface area contributed by atoms with E-state index in [2.05, 4.69) is 19.2 Å². The number of benzene rings is 1. The molecule has 28 heavy (non-hydrogen) atoms. The topological polar surface area (TPSA) is 89.9 Å². The number of carbonyl (C=O) groups excluding carboxylic acids is 2. The van der Waals surface area contributed by atoms with E-state index in [9.17, 15) is 14.7 Å². The fourth-order valence-corrected chi connectivity index (χ4v) is 4.96. The van der Waals surface area contributed by atoms with Crippen LogP contribution in [0, 0.1) is 11.3 Å². The Morgan fingerprint density at radius 3 is 2.46 bits per heavy atom. The first-order valence-corrected chi connectivity index (χ1v) is 10.3. The van der Waals surface area contributed by atoms with Crippen molar-refractivity contribution in [3.8, 4) is 5.75 Å². The Labute approximate surface area is 166 Å². The fourth-order valence-electron chi connectivity index (χ4n) is 4.96. The first-order valence-electron chi connectivity index (χ1n) is 10.3. The number of aliphatic hydroxyl groups excluding tert-OH is 1. The lowest BCUT2D eigenvalue weighted by atomic mass is 9.70. The molecular formula is C22H32N2O4. The highest BCUT2D eigenvalue weighted by atomic mass is 16.3. The third kappa shape index (κ3) is 4.49. The third-order valence-corrected chi connectivity index (χ3v) is 6.41. The second-order valence-electron chi connectivity index (χ2n) is 8.90. The molecule has 1 saturated carbocycles. The van der Waals surface area contributed by atoms with Gasteiger partial charge in [0.15, 0.2) is 0 Å². The van der Waals surface area contributed by atoms with Crippen molar-refractivity contribution in [1.82, 2.24) is 10.2 Å². The molecule has 0 radical (unpaired) electrons. The van der Waals surface area contributed by atoms with E-state index in [1.165, 1.54) is 5.56 Å². The number of nitrogens with zero attached hydrogens (tertiary/aromatic N) is 1. The molecule has 0 bridgehead atoms. The maximum atomic E-state index is 13.3. The highest BCUT2D eigenvalue weighted by Gasteiger charge is 2.41. The van der Waals surface area contributed by atoms with E-state index in [1.807, 2.05) is 17.0 Å². The van der Waals surface area contributed by atoms with E-state index in [1.54, 1.807) is 12.1 Å². The van der Waals surface area contributed by atoms with Crippen LogP contribution in [0.25, 0.3) is 0 Å². The minimum absolute atomic E-state index is 0.0800. The minimum atomic E-state index is -0.539. The van der Waals surface area contributed by atoms with Crippen LogP contribution in [0.15, 0.2) is 24.3 Å². The van der Waals surface area contributed by atoms with Crippen molar-refractivity contribution in [1.29, 1.82) is 0 Å². The number of piperidine rings is 1.